The van der Waals surface area contributed by atoms with Gasteiger partial charge in [-0.05, 0) is 44.5 Å². The first kappa shape index (κ1) is 16.4. The number of hydrogen-bond donors (Lipinski definition) is 1. The summed E-state index contributed by atoms with van der Waals surface area (Å²) >= 11 is 4.25. The summed E-state index contributed by atoms with van der Waals surface area (Å²) in [5, 5.41) is 0. The van der Waals surface area contributed by atoms with Crippen molar-refractivity contribution in [3.05, 3.63) is 0 Å². The van der Waals surface area contributed by atoms with Crippen LogP contribution in [0.15, 0.2) is 0 Å². The number of thiol groups is 1. The Morgan fingerprint density at radius 1 is 0.889 bits per heavy atom. The van der Waals surface area contributed by atoms with Crippen LogP contribution in [0.4, 0.5) is 0 Å². The van der Waals surface area contributed by atoms with Crippen molar-refractivity contribution in [2.75, 3.05) is 18.8 Å². The fourth-order valence-electron chi connectivity index (χ4n) is 3.18. The smallest absolute Gasteiger partial charge is 0.00951 e. The Morgan fingerprint density at radius 3 is 2.00 bits per heavy atom. The average molecular weight is 272 g/mol. The highest BCUT2D eigenvalue weighted by atomic mass is 32.1. The highest BCUT2D eigenvalue weighted by Crippen LogP contribution is 2.23. The molecule has 0 aromatic heterocycles. The third-order valence-electron chi connectivity index (χ3n) is 4.35. The molecule has 0 unspecified atom stereocenters. The van der Waals surface area contributed by atoms with Gasteiger partial charge in [0, 0.05) is 6.04 Å². The van der Waals surface area contributed by atoms with E-state index in [9.17, 15) is 0 Å². The second-order valence-electron chi connectivity index (χ2n) is 5.77. The van der Waals surface area contributed by atoms with Crippen LogP contribution in [0.5, 0.6) is 0 Å². The van der Waals surface area contributed by atoms with Gasteiger partial charge in [0.15, 0.2) is 0 Å². The topological polar surface area (TPSA) is 3.24 Å². The molecule has 0 atom stereocenters. The third-order valence-corrected chi connectivity index (χ3v) is 4.67. The van der Waals surface area contributed by atoms with Crippen molar-refractivity contribution in [3.63, 3.8) is 0 Å². The highest BCUT2D eigenvalue weighted by molar-refractivity contribution is 7.80. The van der Waals surface area contributed by atoms with E-state index in [2.05, 4.69) is 24.5 Å². The number of nitrogens with zero attached hydrogens (tertiary/aromatic N) is 1. The van der Waals surface area contributed by atoms with Crippen molar-refractivity contribution in [1.82, 2.24) is 4.90 Å². The van der Waals surface area contributed by atoms with Crippen LogP contribution in [-0.4, -0.2) is 29.8 Å². The van der Waals surface area contributed by atoms with Gasteiger partial charge in [-0.25, -0.2) is 0 Å². The first-order valence-electron chi connectivity index (χ1n) is 8.23. The molecule has 0 spiro atoms. The lowest BCUT2D eigenvalue weighted by molar-refractivity contribution is 0.204. The monoisotopic (exact) mass is 271 g/mol. The predicted octanol–water partition coefficient (Wildman–Crippen LogP) is 4.91. The summed E-state index contributed by atoms with van der Waals surface area (Å²) in [7, 11) is 0. The van der Waals surface area contributed by atoms with Crippen molar-refractivity contribution in [1.29, 1.82) is 0 Å². The minimum absolute atomic E-state index is 0.922. The number of unbranched alkanes of at least 4 members (excludes halogenated alkanes) is 6. The van der Waals surface area contributed by atoms with Crippen molar-refractivity contribution in [2.45, 2.75) is 83.6 Å². The summed E-state index contributed by atoms with van der Waals surface area (Å²) in [5.74, 6) is 1.06. The van der Waals surface area contributed by atoms with E-state index in [0.29, 0.717) is 0 Å². The SMILES string of the molecule is CCN(CCCCCCCCCS)C1CCCC1. The fraction of sp³-hybridized carbons (Fsp3) is 1.00. The maximum atomic E-state index is 4.25. The quantitative estimate of drug-likeness (QED) is 0.413. The second-order valence-corrected chi connectivity index (χ2v) is 6.21. The molecule has 18 heavy (non-hydrogen) atoms. The molecule has 1 rings (SSSR count). The summed E-state index contributed by atoms with van der Waals surface area (Å²) in [6.07, 6.45) is 15.7. The molecule has 2 heteroatoms. The average Bonchev–Trinajstić information content (AvgIpc) is 2.91. The summed E-state index contributed by atoms with van der Waals surface area (Å²) in [6.45, 7) is 4.93. The molecule has 0 heterocycles. The molecular weight excluding hydrogens is 238 g/mol. The largest absolute Gasteiger partial charge is 0.301 e. The van der Waals surface area contributed by atoms with Gasteiger partial charge in [0.2, 0.25) is 0 Å². The third kappa shape index (κ3) is 7.04. The maximum Gasteiger partial charge on any atom is 0.00951 e. The standard InChI is InChI=1S/C16H33NS/c1-2-17(16-12-8-9-13-16)14-10-6-4-3-5-7-11-15-18/h16,18H,2-15H2,1H3. The van der Waals surface area contributed by atoms with E-state index in [4.69, 9.17) is 0 Å². The van der Waals surface area contributed by atoms with Crippen molar-refractivity contribution in [2.24, 2.45) is 0 Å². The Balaban J connectivity index is 1.92. The van der Waals surface area contributed by atoms with E-state index in [0.717, 1.165) is 11.8 Å². The van der Waals surface area contributed by atoms with Crippen molar-refractivity contribution < 1.29 is 0 Å². The molecule has 1 saturated carbocycles. The molecule has 0 aromatic carbocycles. The van der Waals surface area contributed by atoms with Gasteiger partial charge in [-0.2, -0.15) is 12.6 Å². The van der Waals surface area contributed by atoms with Gasteiger partial charge in [0.25, 0.3) is 0 Å². The molecule has 1 aliphatic carbocycles. The minimum atomic E-state index is 0.922. The van der Waals surface area contributed by atoms with Crippen LogP contribution in [0.1, 0.15) is 77.6 Å². The molecule has 0 saturated heterocycles. The van der Waals surface area contributed by atoms with Crippen molar-refractivity contribution >= 4 is 12.6 Å². The van der Waals surface area contributed by atoms with Crippen LogP contribution in [0.2, 0.25) is 0 Å². The molecule has 1 aliphatic rings. The second kappa shape index (κ2) is 11.2. The van der Waals surface area contributed by atoms with E-state index < -0.39 is 0 Å². The molecular formula is C16H33NS. The molecule has 0 aromatic rings. The van der Waals surface area contributed by atoms with Gasteiger partial charge in [0.1, 0.15) is 0 Å². The Kier molecular flexibility index (Phi) is 10.1. The first-order chi connectivity index (χ1) is 8.88. The van der Waals surface area contributed by atoms with Crippen LogP contribution in [-0.2, 0) is 0 Å². The van der Waals surface area contributed by atoms with Gasteiger partial charge >= 0.3 is 0 Å². The predicted molar refractivity (Wildman–Crippen MR) is 85.7 cm³/mol. The van der Waals surface area contributed by atoms with E-state index in [1.807, 2.05) is 0 Å². The van der Waals surface area contributed by atoms with Crippen LogP contribution >= 0.6 is 12.6 Å². The summed E-state index contributed by atoms with van der Waals surface area (Å²) in [4.78, 5) is 2.73. The normalized spacial score (nSPS) is 16.8. The van der Waals surface area contributed by atoms with Crippen molar-refractivity contribution in [3.8, 4) is 0 Å². The number of rotatable bonds is 11. The molecule has 0 bridgehead atoms. The highest BCUT2D eigenvalue weighted by Gasteiger charge is 2.20. The molecule has 1 nitrogen and oxygen atoms in total. The molecule has 108 valence electrons. The lowest BCUT2D eigenvalue weighted by Gasteiger charge is -2.27. The Morgan fingerprint density at radius 2 is 1.44 bits per heavy atom. The summed E-state index contributed by atoms with van der Waals surface area (Å²) in [6, 6.07) is 0.922. The zero-order valence-electron chi connectivity index (χ0n) is 12.4. The zero-order valence-corrected chi connectivity index (χ0v) is 13.3. The van der Waals surface area contributed by atoms with E-state index in [1.54, 1.807) is 0 Å². The van der Waals surface area contributed by atoms with Crippen LogP contribution < -0.4 is 0 Å². The first-order valence-corrected chi connectivity index (χ1v) is 8.86. The maximum absolute atomic E-state index is 4.25. The summed E-state index contributed by atoms with van der Waals surface area (Å²) in [5.41, 5.74) is 0. The van der Waals surface area contributed by atoms with Gasteiger partial charge in [-0.1, -0.05) is 51.9 Å². The van der Waals surface area contributed by atoms with E-state index >= 15 is 0 Å². The lowest BCUT2D eigenvalue weighted by atomic mass is 10.1. The molecule has 1 fully saturated rings. The van der Waals surface area contributed by atoms with Crippen LogP contribution in [0, 0.1) is 0 Å². The van der Waals surface area contributed by atoms with Gasteiger partial charge < -0.3 is 4.90 Å². The van der Waals surface area contributed by atoms with Crippen LogP contribution in [0.3, 0.4) is 0 Å². The van der Waals surface area contributed by atoms with Gasteiger partial charge in [-0.3, -0.25) is 0 Å². The van der Waals surface area contributed by atoms with E-state index in [1.165, 1.54) is 83.7 Å². The zero-order chi connectivity index (χ0) is 13.1. The molecule has 0 amide bonds. The molecule has 0 radical (unpaired) electrons. The van der Waals surface area contributed by atoms with Crippen LogP contribution in [0.25, 0.3) is 0 Å². The van der Waals surface area contributed by atoms with E-state index in [-0.39, 0.29) is 0 Å². The Labute approximate surface area is 120 Å². The lowest BCUT2D eigenvalue weighted by Crippen LogP contribution is -2.33. The van der Waals surface area contributed by atoms with Gasteiger partial charge in [0.05, 0.1) is 0 Å². The minimum Gasteiger partial charge on any atom is -0.301 e. The molecule has 0 N–H and O–H groups in total. The Hall–Kier alpha value is 0.310. The molecule has 0 aliphatic heterocycles. The summed E-state index contributed by atoms with van der Waals surface area (Å²) < 4.78 is 0. The fourth-order valence-corrected chi connectivity index (χ4v) is 3.40. The van der Waals surface area contributed by atoms with Gasteiger partial charge in [-0.15, -0.1) is 0 Å². The number of hydrogen-bond acceptors (Lipinski definition) is 2. The Bertz CT molecular complexity index is 178.